The van der Waals surface area contributed by atoms with Crippen molar-refractivity contribution in [1.82, 2.24) is 14.8 Å². The number of ether oxygens (including phenoxy) is 1. The van der Waals surface area contributed by atoms with Crippen LogP contribution in [-0.4, -0.2) is 27.3 Å². The van der Waals surface area contributed by atoms with Gasteiger partial charge < -0.3 is 4.74 Å². The summed E-state index contributed by atoms with van der Waals surface area (Å²) >= 11 is 6.25. The summed E-state index contributed by atoms with van der Waals surface area (Å²) in [4.78, 5) is 9.00. The van der Waals surface area contributed by atoms with Gasteiger partial charge in [0.05, 0.1) is 6.54 Å². The molecule has 1 aliphatic rings. The van der Waals surface area contributed by atoms with E-state index in [4.69, 9.17) is 21.3 Å². The van der Waals surface area contributed by atoms with E-state index in [1.165, 1.54) is 12.4 Å². The van der Waals surface area contributed by atoms with Gasteiger partial charge in [0, 0.05) is 16.1 Å². The number of halogens is 2. The number of aromatic nitrogens is 3. The summed E-state index contributed by atoms with van der Waals surface area (Å²) in [6.45, 7) is 0.807. The summed E-state index contributed by atoms with van der Waals surface area (Å²) in [5.74, 6) is 0.276. The molecule has 0 bridgehead atoms. The van der Waals surface area contributed by atoms with Crippen LogP contribution in [0.2, 0.25) is 5.02 Å². The van der Waals surface area contributed by atoms with Crippen LogP contribution in [0.25, 0.3) is 11.1 Å². The monoisotopic (exact) mass is 432 g/mol. The lowest BCUT2D eigenvalue weighted by molar-refractivity contribution is 0.230. The van der Waals surface area contributed by atoms with Crippen molar-refractivity contribution in [3.8, 4) is 11.1 Å². The second-order valence-corrected chi connectivity index (χ2v) is 7.83. The van der Waals surface area contributed by atoms with E-state index in [0.29, 0.717) is 29.6 Å². The lowest BCUT2D eigenvalue weighted by atomic mass is 9.91. The quantitative estimate of drug-likeness (QED) is 0.440. The normalized spacial score (nSPS) is 17.9. The van der Waals surface area contributed by atoms with Crippen molar-refractivity contribution in [3.05, 3.63) is 107 Å². The molecule has 31 heavy (non-hydrogen) atoms. The molecule has 154 valence electrons. The zero-order valence-electron chi connectivity index (χ0n) is 16.5. The Hall–Kier alpha value is -3.51. The lowest BCUT2D eigenvalue weighted by Crippen LogP contribution is -2.31. The largest absolute Gasteiger partial charge is 0.474 e. The Balaban J connectivity index is 1.51. The third kappa shape index (κ3) is 3.82. The molecule has 7 heteroatoms. The van der Waals surface area contributed by atoms with Gasteiger partial charge in [0.2, 0.25) is 5.90 Å². The van der Waals surface area contributed by atoms with E-state index in [1.807, 2.05) is 54.6 Å². The summed E-state index contributed by atoms with van der Waals surface area (Å²) in [5.41, 5.74) is 2.43. The molecule has 1 aromatic heterocycles. The fourth-order valence-electron chi connectivity index (χ4n) is 3.76. The molecule has 2 heterocycles. The van der Waals surface area contributed by atoms with E-state index in [1.54, 1.807) is 23.1 Å². The first-order chi connectivity index (χ1) is 15.1. The Morgan fingerprint density at radius 2 is 1.81 bits per heavy atom. The van der Waals surface area contributed by atoms with Crippen molar-refractivity contribution in [2.75, 3.05) is 6.61 Å². The van der Waals surface area contributed by atoms with Crippen molar-refractivity contribution < 1.29 is 9.13 Å². The van der Waals surface area contributed by atoms with E-state index in [0.717, 1.165) is 16.7 Å². The number of hydrogen-bond donors (Lipinski definition) is 0. The average molecular weight is 433 g/mol. The topological polar surface area (TPSA) is 52.3 Å². The van der Waals surface area contributed by atoms with E-state index in [2.05, 4.69) is 10.1 Å². The van der Waals surface area contributed by atoms with Crippen LogP contribution in [0.5, 0.6) is 0 Å². The third-order valence-electron chi connectivity index (χ3n) is 5.33. The van der Waals surface area contributed by atoms with Crippen molar-refractivity contribution >= 4 is 17.5 Å². The van der Waals surface area contributed by atoms with Crippen LogP contribution < -0.4 is 0 Å². The van der Waals surface area contributed by atoms with Gasteiger partial charge >= 0.3 is 0 Å². The average Bonchev–Trinajstić information content (AvgIpc) is 3.46. The van der Waals surface area contributed by atoms with Gasteiger partial charge in [-0.1, -0.05) is 54.1 Å². The zero-order chi connectivity index (χ0) is 21.3. The highest BCUT2D eigenvalue weighted by Crippen LogP contribution is 2.35. The molecular formula is C24H18ClFN4O. The number of benzene rings is 3. The van der Waals surface area contributed by atoms with Crippen LogP contribution in [0.15, 0.2) is 90.4 Å². The standard InChI is InChI=1S/C24H18ClFN4O/c25-20-5-3-4-19(12-20)24(13-30-16-27-15-28-30)14-31-23(29-24)18-10-8-17(9-11-18)21-6-1-2-7-22(21)26/h1-12,15-16H,13-14H2. The molecule has 0 fully saturated rings. The van der Waals surface area contributed by atoms with Gasteiger partial charge in [0.1, 0.15) is 30.6 Å². The Morgan fingerprint density at radius 3 is 2.55 bits per heavy atom. The van der Waals surface area contributed by atoms with Crippen LogP contribution in [0.1, 0.15) is 11.1 Å². The maximum atomic E-state index is 14.1. The van der Waals surface area contributed by atoms with E-state index >= 15 is 0 Å². The highest BCUT2D eigenvalue weighted by molar-refractivity contribution is 6.30. The molecule has 1 atom stereocenters. The maximum absolute atomic E-state index is 14.1. The Morgan fingerprint density at radius 1 is 1.00 bits per heavy atom. The van der Waals surface area contributed by atoms with Gasteiger partial charge in [-0.05, 0) is 41.5 Å². The molecule has 1 unspecified atom stereocenters. The number of rotatable bonds is 5. The fraction of sp³-hybridized carbons (Fsp3) is 0.125. The molecule has 0 spiro atoms. The molecule has 0 amide bonds. The minimum atomic E-state index is -0.682. The highest BCUT2D eigenvalue weighted by Gasteiger charge is 2.40. The van der Waals surface area contributed by atoms with Crippen molar-refractivity contribution in [2.24, 2.45) is 4.99 Å². The van der Waals surface area contributed by atoms with Gasteiger partial charge in [-0.3, -0.25) is 4.68 Å². The van der Waals surface area contributed by atoms with Crippen LogP contribution in [0.3, 0.4) is 0 Å². The van der Waals surface area contributed by atoms with Crippen LogP contribution in [-0.2, 0) is 16.8 Å². The molecule has 1 aliphatic heterocycles. The van der Waals surface area contributed by atoms with Gasteiger partial charge in [-0.2, -0.15) is 5.10 Å². The molecular weight excluding hydrogens is 415 g/mol. The molecule has 0 saturated carbocycles. The summed E-state index contributed by atoms with van der Waals surface area (Å²) in [5, 5.41) is 4.87. The molecule has 5 rings (SSSR count). The molecule has 4 aromatic rings. The summed E-state index contributed by atoms with van der Waals surface area (Å²) in [6.07, 6.45) is 3.15. The molecule has 5 nitrogen and oxygen atoms in total. The van der Waals surface area contributed by atoms with Gasteiger partial charge in [-0.15, -0.1) is 0 Å². The smallest absolute Gasteiger partial charge is 0.217 e. The van der Waals surface area contributed by atoms with E-state index < -0.39 is 5.54 Å². The van der Waals surface area contributed by atoms with Gasteiger partial charge in [0.25, 0.3) is 0 Å². The van der Waals surface area contributed by atoms with E-state index in [-0.39, 0.29) is 5.82 Å². The Kier molecular flexibility index (Phi) is 5.00. The van der Waals surface area contributed by atoms with Crippen molar-refractivity contribution in [3.63, 3.8) is 0 Å². The second kappa shape index (κ2) is 7.96. The first kappa shape index (κ1) is 19.5. The Labute approximate surface area is 183 Å². The highest BCUT2D eigenvalue weighted by atomic mass is 35.5. The predicted octanol–water partition coefficient (Wildman–Crippen LogP) is 5.11. The third-order valence-corrected chi connectivity index (χ3v) is 5.57. The number of aliphatic imine (C=N–C) groups is 1. The van der Waals surface area contributed by atoms with E-state index in [9.17, 15) is 4.39 Å². The second-order valence-electron chi connectivity index (χ2n) is 7.40. The SMILES string of the molecule is Fc1ccccc1-c1ccc(C2=NC(Cn3cncn3)(c3cccc(Cl)c3)CO2)cc1. The van der Waals surface area contributed by atoms with Crippen LogP contribution in [0.4, 0.5) is 4.39 Å². The van der Waals surface area contributed by atoms with Crippen molar-refractivity contribution in [2.45, 2.75) is 12.1 Å². The minimum Gasteiger partial charge on any atom is -0.474 e. The Bertz CT molecular complexity index is 1240. The molecule has 3 aromatic carbocycles. The minimum absolute atomic E-state index is 0.252. The van der Waals surface area contributed by atoms with Crippen LogP contribution in [0, 0.1) is 5.82 Å². The number of nitrogens with zero attached hydrogens (tertiary/aromatic N) is 4. The van der Waals surface area contributed by atoms with Gasteiger partial charge in [0.15, 0.2) is 0 Å². The predicted molar refractivity (Wildman–Crippen MR) is 117 cm³/mol. The molecule has 0 saturated heterocycles. The first-order valence-electron chi connectivity index (χ1n) is 9.79. The summed E-state index contributed by atoms with van der Waals surface area (Å²) in [6, 6.07) is 21.9. The number of hydrogen-bond acceptors (Lipinski definition) is 4. The summed E-state index contributed by atoms with van der Waals surface area (Å²) < 4.78 is 21.9. The summed E-state index contributed by atoms with van der Waals surface area (Å²) in [7, 11) is 0. The maximum Gasteiger partial charge on any atom is 0.217 e. The molecule has 0 radical (unpaired) electrons. The first-order valence-corrected chi connectivity index (χ1v) is 10.2. The van der Waals surface area contributed by atoms with Crippen LogP contribution >= 0.6 is 11.6 Å². The fourth-order valence-corrected chi connectivity index (χ4v) is 3.95. The molecule has 0 aliphatic carbocycles. The van der Waals surface area contributed by atoms with Gasteiger partial charge in [-0.25, -0.2) is 14.4 Å². The van der Waals surface area contributed by atoms with Crippen molar-refractivity contribution in [1.29, 1.82) is 0 Å². The molecule has 0 N–H and O–H groups in total. The lowest BCUT2D eigenvalue weighted by Gasteiger charge is -2.24. The zero-order valence-corrected chi connectivity index (χ0v) is 17.2.